The van der Waals surface area contributed by atoms with Crippen LogP contribution in [0.2, 0.25) is 0 Å². The van der Waals surface area contributed by atoms with E-state index in [1.807, 2.05) is 36.4 Å². The molecule has 1 aromatic rings. The van der Waals surface area contributed by atoms with Gasteiger partial charge >= 0.3 is 0 Å². The van der Waals surface area contributed by atoms with Gasteiger partial charge in [-0.25, -0.2) is 0 Å². The molecule has 64 valence electrons. The van der Waals surface area contributed by atoms with Gasteiger partial charge in [0.05, 0.1) is 0 Å². The summed E-state index contributed by atoms with van der Waals surface area (Å²) >= 11 is 0. The van der Waals surface area contributed by atoms with Crippen molar-refractivity contribution in [2.75, 3.05) is 5.32 Å². The Morgan fingerprint density at radius 1 is 1.00 bits per heavy atom. The Morgan fingerprint density at radius 3 is 2.69 bits per heavy atom. The molecule has 1 aromatic carbocycles. The Labute approximate surface area is 76.6 Å². The molecule has 1 N–H and O–H groups in total. The van der Waals surface area contributed by atoms with Crippen molar-refractivity contribution >= 4 is 17.7 Å². The smallest absolute Gasteiger partial charge is 0.248 e. The molecule has 2 heteroatoms. The summed E-state index contributed by atoms with van der Waals surface area (Å²) in [6.07, 6.45) is 7.06. The van der Waals surface area contributed by atoms with Crippen molar-refractivity contribution in [2.45, 2.75) is 0 Å². The zero-order valence-electron chi connectivity index (χ0n) is 7.03. The topological polar surface area (TPSA) is 29.1 Å². The third-order valence-corrected chi connectivity index (χ3v) is 1.85. The van der Waals surface area contributed by atoms with Gasteiger partial charge in [0.1, 0.15) is 0 Å². The summed E-state index contributed by atoms with van der Waals surface area (Å²) in [4.78, 5) is 11.2. The van der Waals surface area contributed by atoms with Gasteiger partial charge in [0.25, 0.3) is 0 Å². The normalized spacial score (nSPS) is 14.3. The van der Waals surface area contributed by atoms with Gasteiger partial charge in [0.15, 0.2) is 0 Å². The van der Waals surface area contributed by atoms with E-state index < -0.39 is 0 Å². The molecule has 0 radical (unpaired) electrons. The second-order valence-corrected chi connectivity index (χ2v) is 2.79. The van der Waals surface area contributed by atoms with Crippen LogP contribution in [0.5, 0.6) is 0 Å². The van der Waals surface area contributed by atoms with Crippen LogP contribution < -0.4 is 5.32 Å². The van der Waals surface area contributed by atoms with Crippen molar-refractivity contribution in [3.8, 4) is 0 Å². The quantitative estimate of drug-likeness (QED) is 0.637. The molecular weight excluding hydrogens is 162 g/mol. The summed E-state index contributed by atoms with van der Waals surface area (Å²) in [5, 5.41) is 2.79. The highest BCUT2D eigenvalue weighted by molar-refractivity contribution is 6.01. The fourth-order valence-electron chi connectivity index (χ4n) is 1.23. The molecule has 0 atom stereocenters. The minimum atomic E-state index is -0.0863. The van der Waals surface area contributed by atoms with Crippen molar-refractivity contribution in [3.63, 3.8) is 0 Å². The summed E-state index contributed by atoms with van der Waals surface area (Å²) in [7, 11) is 0. The number of rotatable bonds is 0. The molecule has 0 aromatic heterocycles. The molecule has 0 spiro atoms. The van der Waals surface area contributed by atoms with E-state index in [0.29, 0.717) is 0 Å². The maximum absolute atomic E-state index is 11.2. The van der Waals surface area contributed by atoms with Crippen LogP contribution in [0.1, 0.15) is 5.56 Å². The average Bonchev–Trinajstić information content (AvgIpc) is 2.11. The number of allylic oxidation sites excluding steroid dienone is 2. The van der Waals surface area contributed by atoms with Crippen molar-refractivity contribution in [2.24, 2.45) is 0 Å². The number of fused-ring (bicyclic) bond motifs is 1. The Bertz CT molecular complexity index is 391. The minimum Gasteiger partial charge on any atom is -0.322 e. The van der Waals surface area contributed by atoms with E-state index in [1.54, 1.807) is 6.08 Å². The molecule has 1 amide bonds. The van der Waals surface area contributed by atoms with Crippen LogP contribution >= 0.6 is 0 Å². The molecule has 13 heavy (non-hydrogen) atoms. The monoisotopic (exact) mass is 171 g/mol. The van der Waals surface area contributed by atoms with E-state index in [2.05, 4.69) is 5.32 Å². The molecule has 1 aliphatic heterocycles. The first-order chi connectivity index (χ1) is 6.36. The molecular formula is C11H9NO. The van der Waals surface area contributed by atoms with E-state index in [4.69, 9.17) is 0 Å². The lowest BCUT2D eigenvalue weighted by atomic mass is 10.1. The van der Waals surface area contributed by atoms with Gasteiger partial charge in [0.2, 0.25) is 5.91 Å². The lowest BCUT2D eigenvalue weighted by Gasteiger charge is -2.07. The number of carbonyl (C=O) groups is 1. The molecule has 1 heterocycles. The number of hydrogen-bond donors (Lipinski definition) is 1. The van der Waals surface area contributed by atoms with Crippen LogP contribution in [0.25, 0.3) is 6.08 Å². The predicted octanol–water partition coefficient (Wildman–Crippen LogP) is 2.21. The fourth-order valence-corrected chi connectivity index (χ4v) is 1.23. The van der Waals surface area contributed by atoms with Crippen LogP contribution in [0, 0.1) is 0 Å². The molecule has 2 rings (SSSR count). The highest BCUT2D eigenvalue weighted by Crippen LogP contribution is 2.17. The van der Waals surface area contributed by atoms with Gasteiger partial charge in [-0.3, -0.25) is 4.79 Å². The van der Waals surface area contributed by atoms with Crippen LogP contribution in [-0.2, 0) is 4.79 Å². The van der Waals surface area contributed by atoms with Crippen molar-refractivity contribution in [3.05, 3.63) is 48.1 Å². The molecule has 0 unspecified atom stereocenters. The van der Waals surface area contributed by atoms with Gasteiger partial charge in [-0.2, -0.15) is 0 Å². The van der Waals surface area contributed by atoms with E-state index >= 15 is 0 Å². The van der Waals surface area contributed by atoms with Crippen molar-refractivity contribution in [1.29, 1.82) is 0 Å². The van der Waals surface area contributed by atoms with Crippen LogP contribution in [0.4, 0.5) is 5.69 Å². The van der Waals surface area contributed by atoms with Gasteiger partial charge in [-0.05, 0) is 11.6 Å². The van der Waals surface area contributed by atoms with Crippen LogP contribution in [0.3, 0.4) is 0 Å². The number of amides is 1. The largest absolute Gasteiger partial charge is 0.322 e. The number of carbonyl (C=O) groups excluding carboxylic acids is 1. The molecule has 0 fully saturated rings. The van der Waals surface area contributed by atoms with E-state index in [-0.39, 0.29) is 5.91 Å². The Kier molecular flexibility index (Phi) is 1.96. The van der Waals surface area contributed by atoms with Gasteiger partial charge in [-0.1, -0.05) is 36.4 Å². The van der Waals surface area contributed by atoms with Gasteiger partial charge in [0, 0.05) is 11.8 Å². The molecule has 1 aliphatic rings. The Balaban J connectivity index is 2.49. The SMILES string of the molecule is O=C1C=CC=Cc2ccccc2N1. The maximum atomic E-state index is 11.2. The van der Waals surface area contributed by atoms with Gasteiger partial charge < -0.3 is 5.32 Å². The predicted molar refractivity (Wildman–Crippen MR) is 53.2 cm³/mol. The average molecular weight is 171 g/mol. The standard InChI is InChI=1S/C11H9NO/c13-11-8-4-2-6-9-5-1-3-7-10(9)12-11/h1-8H,(H,12,13). The molecule has 0 saturated heterocycles. The van der Waals surface area contributed by atoms with E-state index in [1.165, 1.54) is 6.08 Å². The summed E-state index contributed by atoms with van der Waals surface area (Å²) in [5.74, 6) is -0.0863. The number of hydrogen-bond acceptors (Lipinski definition) is 1. The highest BCUT2D eigenvalue weighted by atomic mass is 16.1. The number of benzene rings is 1. The molecule has 0 bridgehead atoms. The maximum Gasteiger partial charge on any atom is 0.248 e. The zero-order chi connectivity index (χ0) is 9.10. The third kappa shape index (κ3) is 1.67. The Morgan fingerprint density at radius 2 is 1.77 bits per heavy atom. The lowest BCUT2D eigenvalue weighted by molar-refractivity contribution is -0.111. The van der Waals surface area contributed by atoms with Crippen LogP contribution in [0.15, 0.2) is 42.5 Å². The van der Waals surface area contributed by atoms with Crippen molar-refractivity contribution < 1.29 is 4.79 Å². The second-order valence-electron chi connectivity index (χ2n) is 2.79. The van der Waals surface area contributed by atoms with E-state index in [0.717, 1.165) is 11.3 Å². The number of para-hydroxylation sites is 1. The number of anilines is 1. The van der Waals surface area contributed by atoms with Gasteiger partial charge in [-0.15, -0.1) is 0 Å². The Hall–Kier alpha value is -1.83. The lowest BCUT2D eigenvalue weighted by Crippen LogP contribution is -2.09. The number of nitrogens with one attached hydrogen (secondary N) is 1. The molecule has 2 nitrogen and oxygen atoms in total. The fraction of sp³-hybridized carbons (Fsp3) is 0. The second kappa shape index (κ2) is 3.27. The first kappa shape index (κ1) is 7.80. The summed E-state index contributed by atoms with van der Waals surface area (Å²) < 4.78 is 0. The first-order valence-corrected chi connectivity index (χ1v) is 4.11. The van der Waals surface area contributed by atoms with E-state index in [9.17, 15) is 4.79 Å². The molecule has 0 saturated carbocycles. The summed E-state index contributed by atoms with van der Waals surface area (Å²) in [6.45, 7) is 0. The minimum absolute atomic E-state index is 0.0863. The van der Waals surface area contributed by atoms with Crippen LogP contribution in [-0.4, -0.2) is 5.91 Å². The zero-order valence-corrected chi connectivity index (χ0v) is 7.03. The highest BCUT2D eigenvalue weighted by Gasteiger charge is 2.02. The summed E-state index contributed by atoms with van der Waals surface area (Å²) in [6, 6.07) is 7.70. The summed E-state index contributed by atoms with van der Waals surface area (Å²) in [5.41, 5.74) is 1.88. The third-order valence-electron chi connectivity index (χ3n) is 1.85. The first-order valence-electron chi connectivity index (χ1n) is 4.11. The molecule has 0 aliphatic carbocycles. The van der Waals surface area contributed by atoms with Crippen molar-refractivity contribution in [1.82, 2.24) is 0 Å².